The molecule has 1 fully saturated rings. The maximum absolute atomic E-state index is 11.9. The normalized spacial score (nSPS) is 18.3. The summed E-state index contributed by atoms with van der Waals surface area (Å²) in [6.45, 7) is 0.778. The number of amides is 1. The first-order chi connectivity index (χ1) is 11.3. The first-order valence-corrected chi connectivity index (χ1v) is 8.67. The van der Waals surface area contributed by atoms with Crippen molar-refractivity contribution in [2.75, 3.05) is 13.7 Å². The molecule has 1 saturated heterocycles. The first kappa shape index (κ1) is 15.9. The van der Waals surface area contributed by atoms with Crippen LogP contribution >= 0.6 is 11.8 Å². The van der Waals surface area contributed by atoms with Crippen LogP contribution in [0.4, 0.5) is 0 Å². The Morgan fingerprint density at radius 1 is 1.35 bits per heavy atom. The van der Waals surface area contributed by atoms with E-state index in [-0.39, 0.29) is 11.2 Å². The molecule has 1 aromatic carbocycles. The average molecular weight is 333 g/mol. The molecule has 1 aliphatic rings. The number of carbonyl (C=O) groups excluding carboxylic acids is 1. The van der Waals surface area contributed by atoms with Gasteiger partial charge in [0.2, 0.25) is 5.91 Å². The van der Waals surface area contributed by atoms with Crippen molar-refractivity contribution in [2.24, 2.45) is 0 Å². The SMILES string of the molecule is COc1ccc(-c2nc(CS[C@@H]3CCCCNC3=O)no2)cc1. The molecule has 122 valence electrons. The number of hydrogen-bond donors (Lipinski definition) is 1. The second-order valence-corrected chi connectivity index (χ2v) is 6.52. The van der Waals surface area contributed by atoms with Crippen LogP contribution in [0.15, 0.2) is 28.8 Å². The number of nitrogens with zero attached hydrogens (tertiary/aromatic N) is 2. The van der Waals surface area contributed by atoms with Gasteiger partial charge in [-0.05, 0) is 37.1 Å². The van der Waals surface area contributed by atoms with Gasteiger partial charge >= 0.3 is 0 Å². The predicted octanol–water partition coefficient (Wildman–Crippen LogP) is 2.65. The summed E-state index contributed by atoms with van der Waals surface area (Å²) >= 11 is 1.57. The lowest BCUT2D eigenvalue weighted by Crippen LogP contribution is -2.30. The monoisotopic (exact) mass is 333 g/mol. The number of carbonyl (C=O) groups is 1. The Hall–Kier alpha value is -2.02. The molecule has 2 aromatic rings. The lowest BCUT2D eigenvalue weighted by molar-refractivity contribution is -0.120. The lowest BCUT2D eigenvalue weighted by Gasteiger charge is -2.10. The van der Waals surface area contributed by atoms with E-state index in [1.807, 2.05) is 24.3 Å². The molecule has 6 nitrogen and oxygen atoms in total. The summed E-state index contributed by atoms with van der Waals surface area (Å²) in [5.74, 6) is 2.55. The van der Waals surface area contributed by atoms with Gasteiger partial charge in [-0.15, -0.1) is 11.8 Å². The third kappa shape index (κ3) is 4.04. The van der Waals surface area contributed by atoms with Crippen LogP contribution in [0.5, 0.6) is 5.75 Å². The molecule has 1 aromatic heterocycles. The van der Waals surface area contributed by atoms with Gasteiger partial charge in [-0.1, -0.05) is 11.6 Å². The zero-order chi connectivity index (χ0) is 16.1. The zero-order valence-electron chi connectivity index (χ0n) is 12.9. The van der Waals surface area contributed by atoms with Gasteiger partial charge in [0.1, 0.15) is 5.75 Å². The van der Waals surface area contributed by atoms with Crippen LogP contribution in [0.3, 0.4) is 0 Å². The number of aromatic nitrogens is 2. The standard InChI is InChI=1S/C16H19N3O3S/c1-21-12-7-5-11(6-8-12)16-18-14(19-22-16)10-23-13-4-2-3-9-17-15(13)20/h5-8,13H,2-4,9-10H2,1H3,(H,17,20)/t13-/m1/s1. The van der Waals surface area contributed by atoms with Gasteiger partial charge in [-0.3, -0.25) is 4.79 Å². The third-order valence-corrected chi connectivity index (χ3v) is 4.98. The van der Waals surface area contributed by atoms with Gasteiger partial charge in [-0.25, -0.2) is 0 Å². The van der Waals surface area contributed by atoms with E-state index in [1.54, 1.807) is 18.9 Å². The first-order valence-electron chi connectivity index (χ1n) is 7.62. The molecular weight excluding hydrogens is 314 g/mol. The van der Waals surface area contributed by atoms with E-state index >= 15 is 0 Å². The molecule has 7 heteroatoms. The highest BCUT2D eigenvalue weighted by molar-refractivity contribution is 7.99. The Kier molecular flexibility index (Phi) is 5.17. The fraction of sp³-hybridized carbons (Fsp3) is 0.438. The molecule has 1 atom stereocenters. The van der Waals surface area contributed by atoms with E-state index in [0.29, 0.717) is 17.5 Å². The van der Waals surface area contributed by atoms with E-state index in [4.69, 9.17) is 9.26 Å². The summed E-state index contributed by atoms with van der Waals surface area (Å²) in [6, 6.07) is 7.46. The number of benzene rings is 1. The van der Waals surface area contributed by atoms with Crippen LogP contribution < -0.4 is 10.1 Å². The van der Waals surface area contributed by atoms with Crippen molar-refractivity contribution in [1.29, 1.82) is 0 Å². The molecule has 0 spiro atoms. The summed E-state index contributed by atoms with van der Waals surface area (Å²) < 4.78 is 10.4. The number of thioether (sulfide) groups is 1. The minimum Gasteiger partial charge on any atom is -0.497 e. The third-order valence-electron chi connectivity index (χ3n) is 3.70. The molecule has 3 rings (SSSR count). The van der Waals surface area contributed by atoms with Crippen molar-refractivity contribution in [3.8, 4) is 17.2 Å². The molecule has 0 aliphatic carbocycles. The summed E-state index contributed by atoms with van der Waals surface area (Å²) in [7, 11) is 1.63. The Bertz CT molecular complexity index is 657. The topological polar surface area (TPSA) is 77.2 Å². The van der Waals surface area contributed by atoms with E-state index in [2.05, 4.69) is 15.5 Å². The smallest absolute Gasteiger partial charge is 0.257 e. The lowest BCUT2D eigenvalue weighted by atomic mass is 10.2. The van der Waals surface area contributed by atoms with E-state index in [9.17, 15) is 4.79 Å². The Labute approximate surface area is 139 Å². The van der Waals surface area contributed by atoms with Crippen LogP contribution in [-0.4, -0.2) is 35.0 Å². The van der Waals surface area contributed by atoms with Crippen molar-refractivity contribution in [2.45, 2.75) is 30.3 Å². The number of nitrogens with one attached hydrogen (secondary N) is 1. The van der Waals surface area contributed by atoms with Crippen LogP contribution in [-0.2, 0) is 10.5 Å². The molecular formula is C16H19N3O3S. The molecule has 1 amide bonds. The summed E-state index contributed by atoms with van der Waals surface area (Å²) in [4.78, 5) is 16.3. The fourth-order valence-corrected chi connectivity index (χ4v) is 3.44. The van der Waals surface area contributed by atoms with Crippen molar-refractivity contribution in [3.63, 3.8) is 0 Å². The Morgan fingerprint density at radius 3 is 2.96 bits per heavy atom. The maximum atomic E-state index is 11.9. The van der Waals surface area contributed by atoms with Gasteiger partial charge in [0.05, 0.1) is 18.1 Å². The molecule has 1 N–H and O–H groups in total. The van der Waals surface area contributed by atoms with Crippen molar-refractivity contribution < 1.29 is 14.1 Å². The zero-order valence-corrected chi connectivity index (χ0v) is 13.8. The largest absolute Gasteiger partial charge is 0.497 e. The van der Waals surface area contributed by atoms with Crippen LogP contribution in [0, 0.1) is 0 Å². The molecule has 23 heavy (non-hydrogen) atoms. The molecule has 0 radical (unpaired) electrons. The minimum atomic E-state index is -0.0274. The van der Waals surface area contributed by atoms with E-state index in [0.717, 1.165) is 37.1 Å². The van der Waals surface area contributed by atoms with E-state index in [1.165, 1.54) is 0 Å². The van der Waals surface area contributed by atoms with E-state index < -0.39 is 0 Å². The highest BCUT2D eigenvalue weighted by Crippen LogP contribution is 2.25. The molecule has 0 bridgehead atoms. The molecule has 0 saturated carbocycles. The van der Waals surface area contributed by atoms with Gasteiger partial charge in [0.15, 0.2) is 5.82 Å². The highest BCUT2D eigenvalue weighted by atomic mass is 32.2. The molecule has 1 aliphatic heterocycles. The minimum absolute atomic E-state index is 0.0274. The van der Waals surface area contributed by atoms with Crippen LogP contribution in [0.25, 0.3) is 11.5 Å². The van der Waals surface area contributed by atoms with Gasteiger partial charge < -0.3 is 14.6 Å². The Morgan fingerprint density at radius 2 is 2.17 bits per heavy atom. The quantitative estimate of drug-likeness (QED) is 0.906. The van der Waals surface area contributed by atoms with Crippen LogP contribution in [0.2, 0.25) is 0 Å². The number of ether oxygens (including phenoxy) is 1. The average Bonchev–Trinajstić information content (AvgIpc) is 2.96. The summed E-state index contributed by atoms with van der Waals surface area (Å²) in [5, 5.41) is 6.91. The highest BCUT2D eigenvalue weighted by Gasteiger charge is 2.22. The molecule has 2 heterocycles. The molecule has 0 unspecified atom stereocenters. The number of hydrogen-bond acceptors (Lipinski definition) is 6. The number of rotatable bonds is 5. The van der Waals surface area contributed by atoms with Gasteiger partial charge in [0.25, 0.3) is 5.89 Å². The van der Waals surface area contributed by atoms with Gasteiger partial charge in [-0.2, -0.15) is 4.98 Å². The predicted molar refractivity (Wildman–Crippen MR) is 88.2 cm³/mol. The van der Waals surface area contributed by atoms with Crippen LogP contribution in [0.1, 0.15) is 25.1 Å². The second-order valence-electron chi connectivity index (χ2n) is 5.33. The van der Waals surface area contributed by atoms with Crippen molar-refractivity contribution in [1.82, 2.24) is 15.5 Å². The Balaban J connectivity index is 1.61. The second kappa shape index (κ2) is 7.50. The number of methoxy groups -OCH3 is 1. The maximum Gasteiger partial charge on any atom is 0.257 e. The fourth-order valence-electron chi connectivity index (χ4n) is 2.41. The summed E-state index contributed by atoms with van der Waals surface area (Å²) in [5.41, 5.74) is 0.849. The summed E-state index contributed by atoms with van der Waals surface area (Å²) in [6.07, 6.45) is 3.02. The van der Waals surface area contributed by atoms with Crippen molar-refractivity contribution in [3.05, 3.63) is 30.1 Å². The van der Waals surface area contributed by atoms with Crippen molar-refractivity contribution >= 4 is 17.7 Å². The van der Waals surface area contributed by atoms with Gasteiger partial charge in [0, 0.05) is 12.1 Å².